The molecule has 0 aliphatic carbocycles. The molecular formula is C48H33FN2. The smallest absolute Gasteiger partial charge is 0.123 e. The van der Waals surface area contributed by atoms with Crippen LogP contribution in [0.25, 0.3) is 60.9 Å². The maximum absolute atomic E-state index is 13.6. The maximum atomic E-state index is 13.6. The SMILES string of the molecule is Fc1ccc(-c2ccc(N(c3ccc(-c4ccccc4)cc3)c3ccc(-c4ccc(-n5c6ccccc6c6ccccc65)cc4)cc3)cc2)cc1. The minimum absolute atomic E-state index is 0.233. The van der Waals surface area contributed by atoms with Crippen LogP contribution in [-0.2, 0) is 0 Å². The number of fused-ring (bicyclic) bond motifs is 3. The Morgan fingerprint density at radius 1 is 0.314 bits per heavy atom. The van der Waals surface area contributed by atoms with Gasteiger partial charge in [-0.05, 0) is 106 Å². The van der Waals surface area contributed by atoms with Gasteiger partial charge in [0.2, 0.25) is 0 Å². The second kappa shape index (κ2) is 13.0. The molecule has 8 aromatic carbocycles. The summed E-state index contributed by atoms with van der Waals surface area (Å²) in [5, 5.41) is 2.52. The van der Waals surface area contributed by atoms with E-state index in [2.05, 4.69) is 179 Å². The molecule has 51 heavy (non-hydrogen) atoms. The van der Waals surface area contributed by atoms with Crippen LogP contribution in [0.15, 0.2) is 200 Å². The fraction of sp³-hybridized carbons (Fsp3) is 0. The Balaban J connectivity index is 1.05. The van der Waals surface area contributed by atoms with Crippen molar-refractivity contribution >= 4 is 38.9 Å². The molecule has 0 atom stereocenters. The van der Waals surface area contributed by atoms with Crippen molar-refractivity contribution in [1.82, 2.24) is 4.57 Å². The highest BCUT2D eigenvalue weighted by molar-refractivity contribution is 6.09. The molecule has 2 nitrogen and oxygen atoms in total. The zero-order chi connectivity index (χ0) is 34.1. The number of benzene rings is 8. The Morgan fingerprint density at radius 2 is 0.647 bits per heavy atom. The summed E-state index contributed by atoms with van der Waals surface area (Å²) >= 11 is 0. The van der Waals surface area contributed by atoms with E-state index in [-0.39, 0.29) is 5.82 Å². The van der Waals surface area contributed by atoms with Crippen LogP contribution in [0.4, 0.5) is 21.5 Å². The molecule has 0 saturated heterocycles. The van der Waals surface area contributed by atoms with Crippen LogP contribution in [0.2, 0.25) is 0 Å². The number of aromatic nitrogens is 1. The first-order valence-electron chi connectivity index (χ1n) is 17.2. The van der Waals surface area contributed by atoms with Crippen LogP contribution in [0.5, 0.6) is 0 Å². The molecule has 0 bridgehead atoms. The summed E-state index contributed by atoms with van der Waals surface area (Å²) in [5.74, 6) is -0.233. The molecule has 0 aliphatic heterocycles. The second-order valence-electron chi connectivity index (χ2n) is 12.8. The zero-order valence-electron chi connectivity index (χ0n) is 27.8. The minimum Gasteiger partial charge on any atom is -0.311 e. The Labute approximate surface area is 296 Å². The number of para-hydroxylation sites is 2. The third kappa shape index (κ3) is 5.75. The van der Waals surface area contributed by atoms with E-state index < -0.39 is 0 Å². The molecule has 0 N–H and O–H groups in total. The maximum Gasteiger partial charge on any atom is 0.123 e. The van der Waals surface area contributed by atoms with Crippen LogP contribution < -0.4 is 4.90 Å². The van der Waals surface area contributed by atoms with E-state index in [1.807, 2.05) is 18.2 Å². The van der Waals surface area contributed by atoms with Gasteiger partial charge in [-0.3, -0.25) is 0 Å². The van der Waals surface area contributed by atoms with E-state index in [0.29, 0.717) is 0 Å². The van der Waals surface area contributed by atoms with Crippen LogP contribution in [0.1, 0.15) is 0 Å². The number of hydrogen-bond donors (Lipinski definition) is 0. The van der Waals surface area contributed by atoms with Gasteiger partial charge in [-0.2, -0.15) is 0 Å². The number of halogens is 1. The van der Waals surface area contributed by atoms with E-state index in [1.165, 1.54) is 45.1 Å². The van der Waals surface area contributed by atoms with E-state index in [1.54, 1.807) is 0 Å². The highest BCUT2D eigenvalue weighted by atomic mass is 19.1. The fourth-order valence-electron chi connectivity index (χ4n) is 7.13. The number of rotatable bonds is 7. The predicted molar refractivity (Wildman–Crippen MR) is 212 cm³/mol. The topological polar surface area (TPSA) is 8.17 Å². The molecule has 9 rings (SSSR count). The molecule has 242 valence electrons. The molecule has 9 aromatic rings. The lowest BCUT2D eigenvalue weighted by molar-refractivity contribution is 0.628. The summed E-state index contributed by atoms with van der Waals surface area (Å²) < 4.78 is 15.9. The average molecular weight is 657 g/mol. The van der Waals surface area contributed by atoms with Gasteiger partial charge in [-0.25, -0.2) is 4.39 Å². The van der Waals surface area contributed by atoms with Crippen LogP contribution in [0.3, 0.4) is 0 Å². The third-order valence-corrected chi connectivity index (χ3v) is 9.70. The van der Waals surface area contributed by atoms with Crippen molar-refractivity contribution in [3.63, 3.8) is 0 Å². The minimum atomic E-state index is -0.233. The Bertz CT molecular complexity index is 2530. The van der Waals surface area contributed by atoms with Gasteiger partial charge in [0, 0.05) is 33.5 Å². The van der Waals surface area contributed by atoms with E-state index in [4.69, 9.17) is 0 Å². The lowest BCUT2D eigenvalue weighted by Crippen LogP contribution is -2.09. The average Bonchev–Trinajstić information content (AvgIpc) is 3.54. The normalized spacial score (nSPS) is 11.2. The van der Waals surface area contributed by atoms with Crippen molar-refractivity contribution in [2.75, 3.05) is 4.90 Å². The highest BCUT2D eigenvalue weighted by Gasteiger charge is 2.15. The van der Waals surface area contributed by atoms with E-state index in [0.717, 1.165) is 45.0 Å². The summed E-state index contributed by atoms with van der Waals surface area (Å²) in [6.07, 6.45) is 0. The van der Waals surface area contributed by atoms with Gasteiger partial charge in [0.25, 0.3) is 0 Å². The number of anilines is 3. The summed E-state index contributed by atoms with van der Waals surface area (Å²) in [7, 11) is 0. The largest absolute Gasteiger partial charge is 0.311 e. The second-order valence-corrected chi connectivity index (χ2v) is 12.8. The van der Waals surface area contributed by atoms with Crippen LogP contribution in [-0.4, -0.2) is 4.57 Å². The van der Waals surface area contributed by atoms with Crippen molar-refractivity contribution in [2.24, 2.45) is 0 Å². The predicted octanol–water partition coefficient (Wildman–Crippen LogP) is 13.4. The molecule has 0 aliphatic rings. The van der Waals surface area contributed by atoms with Gasteiger partial charge in [0.1, 0.15) is 5.82 Å². The van der Waals surface area contributed by atoms with Crippen molar-refractivity contribution in [3.05, 3.63) is 206 Å². The summed E-state index contributed by atoms with van der Waals surface area (Å²) in [5.41, 5.74) is 13.4. The summed E-state index contributed by atoms with van der Waals surface area (Å²) in [6.45, 7) is 0. The molecule has 1 heterocycles. The lowest BCUT2D eigenvalue weighted by atomic mass is 10.0. The van der Waals surface area contributed by atoms with Gasteiger partial charge in [-0.1, -0.05) is 127 Å². The molecule has 0 amide bonds. The first-order valence-corrected chi connectivity index (χ1v) is 17.2. The number of hydrogen-bond acceptors (Lipinski definition) is 1. The lowest BCUT2D eigenvalue weighted by Gasteiger charge is -2.26. The Kier molecular flexibility index (Phi) is 7.71. The monoisotopic (exact) mass is 656 g/mol. The van der Waals surface area contributed by atoms with E-state index >= 15 is 0 Å². The quantitative estimate of drug-likeness (QED) is 0.166. The highest BCUT2D eigenvalue weighted by Crippen LogP contribution is 2.38. The van der Waals surface area contributed by atoms with Gasteiger partial charge in [0.15, 0.2) is 0 Å². The molecule has 0 radical (unpaired) electrons. The molecule has 3 heteroatoms. The molecule has 1 aromatic heterocycles. The third-order valence-electron chi connectivity index (χ3n) is 9.70. The fourth-order valence-corrected chi connectivity index (χ4v) is 7.13. The standard InChI is InChI=1S/C48H33FN2/c49-40-24-14-35(15-25-40)37-18-28-42(29-19-37)50(41-26-16-36(17-27-41)34-8-2-1-3-9-34)43-30-20-38(21-31-43)39-22-32-44(33-23-39)51-47-12-6-4-10-45(47)46-11-5-7-13-48(46)51/h1-33H. The first-order chi connectivity index (χ1) is 25.2. The molecule has 0 saturated carbocycles. The van der Waals surface area contributed by atoms with Crippen molar-refractivity contribution in [3.8, 4) is 39.1 Å². The van der Waals surface area contributed by atoms with Crippen molar-refractivity contribution < 1.29 is 4.39 Å². The van der Waals surface area contributed by atoms with Crippen LogP contribution in [0, 0.1) is 5.82 Å². The van der Waals surface area contributed by atoms with Gasteiger partial charge in [0.05, 0.1) is 11.0 Å². The molecule has 0 fully saturated rings. The van der Waals surface area contributed by atoms with Gasteiger partial charge < -0.3 is 9.47 Å². The van der Waals surface area contributed by atoms with Crippen LogP contribution >= 0.6 is 0 Å². The van der Waals surface area contributed by atoms with Gasteiger partial charge in [-0.15, -0.1) is 0 Å². The Hall–Kier alpha value is -6.71. The molecular weight excluding hydrogens is 624 g/mol. The van der Waals surface area contributed by atoms with E-state index in [9.17, 15) is 4.39 Å². The van der Waals surface area contributed by atoms with Crippen molar-refractivity contribution in [1.29, 1.82) is 0 Å². The Morgan fingerprint density at radius 3 is 1.08 bits per heavy atom. The van der Waals surface area contributed by atoms with Crippen molar-refractivity contribution in [2.45, 2.75) is 0 Å². The summed E-state index contributed by atoms with van der Waals surface area (Å²) in [4.78, 5) is 2.28. The first kappa shape index (κ1) is 30.4. The van der Waals surface area contributed by atoms with Gasteiger partial charge >= 0.3 is 0 Å². The molecule has 0 unspecified atom stereocenters. The molecule has 0 spiro atoms. The summed E-state index contributed by atoms with van der Waals surface area (Å²) in [6, 6.07) is 69.1. The zero-order valence-corrected chi connectivity index (χ0v) is 27.8. The number of nitrogens with zero attached hydrogens (tertiary/aromatic N) is 2.